The maximum absolute atomic E-state index is 12.4. The molecule has 0 saturated heterocycles. The third-order valence-electron chi connectivity index (χ3n) is 3.54. The van der Waals surface area contributed by atoms with Gasteiger partial charge in [-0.2, -0.15) is 0 Å². The molecule has 2 rings (SSSR count). The average Bonchev–Trinajstić information content (AvgIpc) is 2.61. The molecule has 0 aromatic heterocycles. The number of methoxy groups -OCH3 is 1. The number of anilines is 1. The van der Waals surface area contributed by atoms with Crippen molar-refractivity contribution < 1.29 is 23.8 Å². The number of carbonyl (C=O) groups is 2. The van der Waals surface area contributed by atoms with Crippen LogP contribution in [0.25, 0.3) is 0 Å². The normalized spacial score (nSPS) is 12.0. The van der Waals surface area contributed by atoms with Crippen molar-refractivity contribution >= 4 is 17.7 Å². The second-order valence-corrected chi connectivity index (χ2v) is 6.96. The Morgan fingerprint density at radius 2 is 1.63 bits per heavy atom. The second kappa shape index (κ2) is 9.07. The molecule has 0 bridgehead atoms. The van der Waals surface area contributed by atoms with Gasteiger partial charge in [0.2, 0.25) is 5.91 Å². The van der Waals surface area contributed by atoms with Crippen LogP contribution in [0.3, 0.4) is 0 Å². The van der Waals surface area contributed by atoms with E-state index in [1.165, 1.54) is 0 Å². The number of rotatable bonds is 6. The van der Waals surface area contributed by atoms with Gasteiger partial charge in [0.1, 0.15) is 17.5 Å². The van der Waals surface area contributed by atoms with Crippen LogP contribution in [0.5, 0.6) is 5.75 Å². The highest BCUT2D eigenvalue weighted by molar-refractivity contribution is 5.91. The summed E-state index contributed by atoms with van der Waals surface area (Å²) in [5, 5.41) is 2.79. The highest BCUT2D eigenvalue weighted by Crippen LogP contribution is 2.24. The van der Waals surface area contributed by atoms with Crippen LogP contribution in [-0.2, 0) is 14.3 Å². The molecule has 2 aromatic carbocycles. The minimum Gasteiger partial charge on any atom is -0.497 e. The van der Waals surface area contributed by atoms with E-state index in [2.05, 4.69) is 5.32 Å². The Hall–Kier alpha value is -3.02. The zero-order chi connectivity index (χ0) is 19.9. The molecule has 144 valence electrons. The van der Waals surface area contributed by atoms with E-state index >= 15 is 0 Å². The van der Waals surface area contributed by atoms with Crippen LogP contribution < -0.4 is 10.1 Å². The summed E-state index contributed by atoms with van der Waals surface area (Å²) >= 11 is 0. The fraction of sp³-hybridized carbons (Fsp3) is 0.333. The van der Waals surface area contributed by atoms with Crippen molar-refractivity contribution in [3.05, 3.63) is 60.2 Å². The summed E-state index contributed by atoms with van der Waals surface area (Å²) in [6, 6.07) is 16.1. The molecule has 0 fully saturated rings. The number of benzene rings is 2. The van der Waals surface area contributed by atoms with Gasteiger partial charge in [0.25, 0.3) is 0 Å². The van der Waals surface area contributed by atoms with Gasteiger partial charge in [0.15, 0.2) is 0 Å². The predicted molar refractivity (Wildman–Crippen MR) is 103 cm³/mol. The predicted octanol–water partition coefficient (Wildman–Crippen LogP) is 4.72. The second-order valence-electron chi connectivity index (χ2n) is 6.96. The number of hydrogen-bond acceptors (Lipinski definition) is 5. The van der Waals surface area contributed by atoms with E-state index in [0.717, 1.165) is 0 Å². The standard InChI is InChI=1S/C21H25NO5/c1-21(2,3)27-20(24)26-18(15-8-6-5-7-9-15)14-19(23)22-16-10-12-17(25-4)13-11-16/h5-13,18H,14H2,1-4H3,(H,22,23). The maximum atomic E-state index is 12.4. The van der Waals surface area contributed by atoms with Gasteiger partial charge in [0, 0.05) is 5.69 Å². The van der Waals surface area contributed by atoms with Gasteiger partial charge in [-0.3, -0.25) is 4.79 Å². The minimum atomic E-state index is -0.811. The molecule has 27 heavy (non-hydrogen) atoms. The number of amides is 1. The Morgan fingerprint density at radius 3 is 2.19 bits per heavy atom. The van der Waals surface area contributed by atoms with Crippen molar-refractivity contribution in [1.29, 1.82) is 0 Å². The van der Waals surface area contributed by atoms with Gasteiger partial charge in [0.05, 0.1) is 13.5 Å². The van der Waals surface area contributed by atoms with Gasteiger partial charge >= 0.3 is 6.16 Å². The van der Waals surface area contributed by atoms with Crippen LogP contribution >= 0.6 is 0 Å². The van der Waals surface area contributed by atoms with Gasteiger partial charge in [-0.05, 0) is 50.6 Å². The molecule has 6 heteroatoms. The smallest absolute Gasteiger partial charge is 0.497 e. The van der Waals surface area contributed by atoms with Crippen LogP contribution in [0, 0.1) is 0 Å². The quantitative estimate of drug-likeness (QED) is 0.744. The summed E-state index contributed by atoms with van der Waals surface area (Å²) in [6.45, 7) is 5.26. The number of carbonyl (C=O) groups excluding carboxylic acids is 2. The Morgan fingerprint density at radius 1 is 1.00 bits per heavy atom. The van der Waals surface area contributed by atoms with E-state index < -0.39 is 17.9 Å². The highest BCUT2D eigenvalue weighted by Gasteiger charge is 2.24. The van der Waals surface area contributed by atoms with Gasteiger partial charge in [-0.1, -0.05) is 30.3 Å². The largest absolute Gasteiger partial charge is 0.509 e. The molecule has 1 atom stereocenters. The lowest BCUT2D eigenvalue weighted by Crippen LogP contribution is -2.27. The SMILES string of the molecule is COc1ccc(NC(=O)CC(OC(=O)OC(C)(C)C)c2ccccc2)cc1. The lowest BCUT2D eigenvalue weighted by atomic mass is 10.1. The molecule has 0 aliphatic rings. The minimum absolute atomic E-state index is 0.0325. The third-order valence-corrected chi connectivity index (χ3v) is 3.54. The van der Waals surface area contributed by atoms with E-state index in [9.17, 15) is 9.59 Å². The lowest BCUT2D eigenvalue weighted by molar-refractivity contribution is -0.118. The fourth-order valence-electron chi connectivity index (χ4n) is 2.34. The molecule has 1 N–H and O–H groups in total. The van der Waals surface area contributed by atoms with Crippen molar-refractivity contribution in [2.75, 3.05) is 12.4 Å². The first-order chi connectivity index (χ1) is 12.8. The van der Waals surface area contributed by atoms with Crippen LogP contribution in [0.2, 0.25) is 0 Å². The molecular formula is C21H25NO5. The van der Waals surface area contributed by atoms with Crippen molar-refractivity contribution in [3.8, 4) is 5.75 Å². The van der Waals surface area contributed by atoms with Crippen LogP contribution in [0.1, 0.15) is 38.9 Å². The van der Waals surface area contributed by atoms with Crippen LogP contribution in [0.4, 0.5) is 10.5 Å². The first-order valence-corrected chi connectivity index (χ1v) is 8.65. The van der Waals surface area contributed by atoms with Crippen molar-refractivity contribution in [2.24, 2.45) is 0 Å². The van der Waals surface area contributed by atoms with Gasteiger partial charge in [-0.15, -0.1) is 0 Å². The third kappa shape index (κ3) is 7.01. The number of ether oxygens (including phenoxy) is 3. The van der Waals surface area contributed by atoms with E-state index in [4.69, 9.17) is 14.2 Å². The average molecular weight is 371 g/mol. The molecule has 6 nitrogen and oxygen atoms in total. The summed E-state index contributed by atoms with van der Waals surface area (Å²) in [6.07, 6.45) is -1.59. The zero-order valence-electron chi connectivity index (χ0n) is 16.0. The number of nitrogens with one attached hydrogen (secondary N) is 1. The molecule has 1 unspecified atom stereocenters. The molecule has 1 amide bonds. The Kier molecular flexibility index (Phi) is 6.82. The summed E-state index contributed by atoms with van der Waals surface area (Å²) in [5.41, 5.74) is 0.669. The monoisotopic (exact) mass is 371 g/mol. The molecule has 2 aromatic rings. The van der Waals surface area contributed by atoms with Gasteiger partial charge in [-0.25, -0.2) is 4.79 Å². The van der Waals surface area contributed by atoms with E-state index in [-0.39, 0.29) is 12.3 Å². The maximum Gasteiger partial charge on any atom is 0.509 e. The number of hydrogen-bond donors (Lipinski definition) is 1. The van der Waals surface area contributed by atoms with E-state index in [1.807, 2.05) is 18.2 Å². The lowest BCUT2D eigenvalue weighted by Gasteiger charge is -2.23. The molecular weight excluding hydrogens is 346 g/mol. The Bertz CT molecular complexity index is 750. The van der Waals surface area contributed by atoms with Gasteiger partial charge < -0.3 is 19.5 Å². The van der Waals surface area contributed by atoms with Crippen molar-refractivity contribution in [2.45, 2.75) is 38.9 Å². The Balaban J connectivity index is 2.06. The van der Waals surface area contributed by atoms with Crippen LogP contribution in [-0.4, -0.2) is 24.8 Å². The fourth-order valence-corrected chi connectivity index (χ4v) is 2.34. The summed E-state index contributed by atoms with van der Waals surface area (Å²) in [4.78, 5) is 24.5. The molecule has 0 saturated carbocycles. The summed E-state index contributed by atoms with van der Waals surface area (Å²) in [7, 11) is 1.58. The first kappa shape index (κ1) is 20.3. The van der Waals surface area contributed by atoms with Crippen molar-refractivity contribution in [3.63, 3.8) is 0 Å². The summed E-state index contributed by atoms with van der Waals surface area (Å²) < 4.78 is 15.7. The molecule has 0 radical (unpaired) electrons. The summed E-state index contributed by atoms with van der Waals surface area (Å²) in [5.74, 6) is 0.418. The zero-order valence-corrected chi connectivity index (χ0v) is 16.0. The highest BCUT2D eigenvalue weighted by atomic mass is 16.7. The molecule has 0 heterocycles. The van der Waals surface area contributed by atoms with Crippen molar-refractivity contribution in [1.82, 2.24) is 0 Å². The topological polar surface area (TPSA) is 73.9 Å². The molecule has 0 aliphatic carbocycles. The molecule has 0 aliphatic heterocycles. The Labute approximate surface area is 159 Å². The van der Waals surface area contributed by atoms with E-state index in [0.29, 0.717) is 17.0 Å². The van der Waals surface area contributed by atoms with E-state index in [1.54, 1.807) is 64.3 Å². The first-order valence-electron chi connectivity index (χ1n) is 8.65. The molecule has 0 spiro atoms. The van der Waals surface area contributed by atoms with Crippen LogP contribution in [0.15, 0.2) is 54.6 Å².